The van der Waals surface area contributed by atoms with E-state index in [0.29, 0.717) is 5.56 Å². The first-order valence-electron chi connectivity index (χ1n) is 11.1. The molecule has 0 radical (unpaired) electrons. The molecule has 0 bridgehead atoms. The Labute approximate surface area is 208 Å². The lowest BCUT2D eigenvalue weighted by molar-refractivity contribution is -0.140. The second-order valence-electron chi connectivity index (χ2n) is 8.21. The maximum atomic E-state index is 13.2. The number of carbonyl (C=O) groups excluding carboxylic acids is 4. The second-order valence-corrected chi connectivity index (χ2v) is 8.21. The van der Waals surface area contributed by atoms with Gasteiger partial charge in [0.25, 0.3) is 17.7 Å². The molecule has 0 unspecified atom stereocenters. The minimum absolute atomic E-state index is 0.0523. The molecule has 9 heteroatoms. The van der Waals surface area contributed by atoms with Gasteiger partial charge in [0, 0.05) is 6.54 Å². The predicted molar refractivity (Wildman–Crippen MR) is 131 cm³/mol. The number of carbonyl (C=O) groups is 4. The Bertz CT molecular complexity index is 1270. The molecule has 1 aliphatic heterocycles. The van der Waals surface area contributed by atoms with Crippen molar-refractivity contribution in [3.8, 4) is 17.6 Å². The summed E-state index contributed by atoms with van der Waals surface area (Å²) in [5.74, 6) is -2.70. The van der Waals surface area contributed by atoms with Crippen LogP contribution < -0.4 is 14.8 Å². The monoisotopic (exact) mass is 487 g/mol. The number of nitrogens with zero attached hydrogens (tertiary/aromatic N) is 2. The third kappa shape index (κ3) is 5.18. The van der Waals surface area contributed by atoms with Crippen LogP contribution in [-0.4, -0.2) is 48.3 Å². The Morgan fingerprint density at radius 1 is 1.11 bits per heavy atom. The third-order valence-corrected chi connectivity index (χ3v) is 5.46. The predicted octanol–water partition coefficient (Wildman–Crippen LogP) is 3.13. The number of imide groups is 1. The van der Waals surface area contributed by atoms with Crippen molar-refractivity contribution in [2.45, 2.75) is 19.9 Å². The van der Waals surface area contributed by atoms with Crippen LogP contribution in [0.1, 0.15) is 40.1 Å². The number of nitrogens with one attached hydrogen (secondary N) is 1. The summed E-state index contributed by atoms with van der Waals surface area (Å²) in [6.45, 7) is 7.14. The van der Waals surface area contributed by atoms with E-state index in [2.05, 4.69) is 11.9 Å². The standard InChI is InChI=1S/C27H25N3O6/c1-5-12-29-24(31)18(15-28)13-17-10-11-21(22(14-17)35-4)36-27(34)23(16(2)3)30-25(32)19-8-6-7-9-20(19)26(30)33/h5-11,13-14,16,23H,1,12H2,2-4H3,(H,29,31)/b18-13+/t23-/m1/s1. The number of benzene rings is 2. The van der Waals surface area contributed by atoms with Crippen molar-refractivity contribution in [3.05, 3.63) is 77.4 Å². The molecule has 0 fully saturated rings. The van der Waals surface area contributed by atoms with E-state index in [0.717, 1.165) is 4.90 Å². The molecule has 0 saturated heterocycles. The average Bonchev–Trinajstić information content (AvgIpc) is 3.11. The van der Waals surface area contributed by atoms with Crippen molar-refractivity contribution in [1.29, 1.82) is 5.26 Å². The second kappa shape index (κ2) is 11.1. The highest BCUT2D eigenvalue weighted by molar-refractivity contribution is 6.22. The molecule has 2 aromatic rings. The molecule has 2 aromatic carbocycles. The van der Waals surface area contributed by atoms with Gasteiger partial charge in [-0.25, -0.2) is 4.79 Å². The smallest absolute Gasteiger partial charge is 0.335 e. The molecule has 1 heterocycles. The first-order valence-corrected chi connectivity index (χ1v) is 11.1. The summed E-state index contributed by atoms with van der Waals surface area (Å²) in [4.78, 5) is 52.1. The average molecular weight is 488 g/mol. The lowest BCUT2D eigenvalue weighted by Gasteiger charge is -2.27. The molecule has 0 saturated carbocycles. The summed E-state index contributed by atoms with van der Waals surface area (Å²) in [6, 6.07) is 11.5. The minimum atomic E-state index is -1.17. The van der Waals surface area contributed by atoms with Gasteiger partial charge in [0.2, 0.25) is 0 Å². The fourth-order valence-corrected chi connectivity index (χ4v) is 3.74. The minimum Gasteiger partial charge on any atom is -0.493 e. The fourth-order valence-electron chi connectivity index (χ4n) is 3.74. The third-order valence-electron chi connectivity index (χ3n) is 5.46. The van der Waals surface area contributed by atoms with E-state index in [9.17, 15) is 24.4 Å². The Hall–Kier alpha value is -4.71. The number of methoxy groups -OCH3 is 1. The zero-order valence-corrected chi connectivity index (χ0v) is 20.1. The van der Waals surface area contributed by atoms with Crippen LogP contribution in [0.4, 0.5) is 0 Å². The number of rotatable bonds is 9. The number of hydrogen-bond donors (Lipinski definition) is 1. The molecule has 3 amide bonds. The molecule has 1 atom stereocenters. The molecule has 0 aliphatic carbocycles. The van der Waals surface area contributed by atoms with Crippen LogP contribution in [0.25, 0.3) is 6.08 Å². The molecule has 3 rings (SSSR count). The van der Waals surface area contributed by atoms with E-state index >= 15 is 0 Å². The molecule has 36 heavy (non-hydrogen) atoms. The van der Waals surface area contributed by atoms with Crippen LogP contribution >= 0.6 is 0 Å². The van der Waals surface area contributed by atoms with Gasteiger partial charge >= 0.3 is 5.97 Å². The molecule has 9 nitrogen and oxygen atoms in total. The summed E-state index contributed by atoms with van der Waals surface area (Å²) in [7, 11) is 1.37. The maximum absolute atomic E-state index is 13.2. The summed E-state index contributed by atoms with van der Waals surface area (Å²) in [5.41, 5.74) is 0.798. The van der Waals surface area contributed by atoms with Gasteiger partial charge in [-0.3, -0.25) is 19.3 Å². The van der Waals surface area contributed by atoms with E-state index < -0.39 is 35.7 Å². The number of hydrogen-bond acceptors (Lipinski definition) is 7. The highest BCUT2D eigenvalue weighted by Crippen LogP contribution is 2.32. The van der Waals surface area contributed by atoms with Crippen LogP contribution in [0.3, 0.4) is 0 Å². The first kappa shape index (κ1) is 25.9. The highest BCUT2D eigenvalue weighted by Gasteiger charge is 2.45. The van der Waals surface area contributed by atoms with Crippen molar-refractivity contribution >= 4 is 29.8 Å². The van der Waals surface area contributed by atoms with Crippen molar-refractivity contribution in [3.63, 3.8) is 0 Å². The summed E-state index contributed by atoms with van der Waals surface area (Å²) in [5, 5.41) is 11.8. The largest absolute Gasteiger partial charge is 0.493 e. The van der Waals surface area contributed by atoms with Crippen molar-refractivity contribution < 1.29 is 28.7 Å². The Kier molecular flexibility index (Phi) is 8.02. The normalized spacial score (nSPS) is 13.6. The van der Waals surface area contributed by atoms with Gasteiger partial charge in [-0.1, -0.05) is 38.1 Å². The lowest BCUT2D eigenvalue weighted by Crippen LogP contribution is -2.49. The molecule has 184 valence electrons. The van der Waals surface area contributed by atoms with Crippen LogP contribution in [0.5, 0.6) is 11.5 Å². The number of esters is 1. The van der Waals surface area contributed by atoms with Crippen LogP contribution in [-0.2, 0) is 9.59 Å². The number of ether oxygens (including phenoxy) is 2. The molecule has 1 N–H and O–H groups in total. The number of nitriles is 1. The van der Waals surface area contributed by atoms with E-state index in [-0.39, 0.29) is 34.7 Å². The van der Waals surface area contributed by atoms with Gasteiger partial charge in [0.15, 0.2) is 11.5 Å². The Morgan fingerprint density at radius 2 is 1.75 bits per heavy atom. The van der Waals surface area contributed by atoms with Gasteiger partial charge in [-0.2, -0.15) is 5.26 Å². The number of amides is 3. The zero-order valence-electron chi connectivity index (χ0n) is 20.1. The van der Waals surface area contributed by atoms with Crippen molar-refractivity contribution in [1.82, 2.24) is 10.2 Å². The quantitative estimate of drug-likeness (QED) is 0.144. The Morgan fingerprint density at radius 3 is 2.28 bits per heavy atom. The fraction of sp³-hybridized carbons (Fsp3) is 0.222. The van der Waals surface area contributed by atoms with E-state index in [1.807, 2.05) is 6.07 Å². The van der Waals surface area contributed by atoms with Gasteiger partial charge in [0.1, 0.15) is 17.7 Å². The number of fused-ring (bicyclic) bond motifs is 1. The van der Waals surface area contributed by atoms with E-state index in [1.165, 1.54) is 37.5 Å². The lowest BCUT2D eigenvalue weighted by atomic mass is 10.0. The van der Waals surface area contributed by atoms with Gasteiger partial charge < -0.3 is 14.8 Å². The summed E-state index contributed by atoms with van der Waals surface area (Å²) < 4.78 is 10.9. The summed E-state index contributed by atoms with van der Waals surface area (Å²) in [6.07, 6.45) is 2.85. The SMILES string of the molecule is C=CCNC(=O)/C(C#N)=C/c1ccc(OC(=O)[C@@H](C(C)C)N2C(=O)c3ccccc3C2=O)c(OC)c1. The highest BCUT2D eigenvalue weighted by atomic mass is 16.6. The Balaban J connectivity index is 1.86. The topological polar surface area (TPSA) is 126 Å². The van der Waals surface area contributed by atoms with Gasteiger partial charge in [-0.05, 0) is 41.8 Å². The van der Waals surface area contributed by atoms with Crippen LogP contribution in [0.2, 0.25) is 0 Å². The van der Waals surface area contributed by atoms with E-state index in [4.69, 9.17) is 9.47 Å². The molecule has 0 aromatic heterocycles. The molecular formula is C27H25N3O6. The van der Waals surface area contributed by atoms with E-state index in [1.54, 1.807) is 38.1 Å². The van der Waals surface area contributed by atoms with Gasteiger partial charge in [0.05, 0.1) is 18.2 Å². The van der Waals surface area contributed by atoms with Gasteiger partial charge in [-0.15, -0.1) is 6.58 Å². The first-order chi connectivity index (χ1) is 17.2. The summed E-state index contributed by atoms with van der Waals surface area (Å²) >= 11 is 0. The molecule has 1 aliphatic rings. The molecular weight excluding hydrogens is 462 g/mol. The zero-order chi connectivity index (χ0) is 26.4. The van der Waals surface area contributed by atoms with Crippen molar-refractivity contribution in [2.24, 2.45) is 5.92 Å². The van der Waals surface area contributed by atoms with Crippen molar-refractivity contribution in [2.75, 3.05) is 13.7 Å². The van der Waals surface area contributed by atoms with Crippen LogP contribution in [0, 0.1) is 17.2 Å². The molecule has 0 spiro atoms. The maximum Gasteiger partial charge on any atom is 0.335 e. The van der Waals surface area contributed by atoms with Crippen LogP contribution in [0.15, 0.2) is 60.7 Å².